The van der Waals surface area contributed by atoms with E-state index in [2.05, 4.69) is 16.7 Å². The number of ether oxygens (including phenoxy) is 2. The molecule has 1 heterocycles. The third-order valence-electron chi connectivity index (χ3n) is 4.71. The van der Waals surface area contributed by atoms with Crippen LogP contribution in [-0.2, 0) is 6.54 Å². The predicted octanol–water partition coefficient (Wildman–Crippen LogP) is 1.35. The van der Waals surface area contributed by atoms with Crippen molar-refractivity contribution < 1.29 is 14.3 Å². The molecule has 146 valence electrons. The van der Waals surface area contributed by atoms with Crippen LogP contribution in [0.2, 0.25) is 4.71 Å². The first kappa shape index (κ1) is 20.3. The van der Waals surface area contributed by atoms with Crippen LogP contribution in [-0.4, -0.2) is 49.0 Å². The summed E-state index contributed by atoms with van der Waals surface area (Å²) < 4.78 is 12.3. The Morgan fingerprint density at radius 3 is 2.75 bits per heavy atom. The molecule has 7 heteroatoms. The van der Waals surface area contributed by atoms with Gasteiger partial charge in [-0.05, 0) is 0 Å². The molecule has 0 aromatic heterocycles. The van der Waals surface area contributed by atoms with Crippen molar-refractivity contribution in [1.82, 2.24) is 10.6 Å². The van der Waals surface area contributed by atoms with Crippen LogP contribution in [0.15, 0.2) is 36.4 Å². The molecular formula is C21H24AsN3O3. The standard InChI is InChI=1S/C21H24AsN3O3/c1-27-19-6-4-15(10-20(19)28-2)12-25-21(26)17-9-14(11-23)3-5-18(17)22-16-7-8-24-13-16/h3-6,9-10,16,22,24H,7-8,12-13H2,1-2H3,(H,25,26)/t16-/m0/s1. The van der Waals surface area contributed by atoms with Gasteiger partial charge in [0, 0.05) is 0 Å². The molecule has 0 radical (unpaired) electrons. The van der Waals surface area contributed by atoms with E-state index >= 15 is 0 Å². The van der Waals surface area contributed by atoms with E-state index < -0.39 is 15.8 Å². The van der Waals surface area contributed by atoms with Gasteiger partial charge in [-0.2, -0.15) is 0 Å². The number of benzene rings is 2. The number of nitrogens with one attached hydrogen (secondary N) is 2. The van der Waals surface area contributed by atoms with Crippen molar-refractivity contribution in [3.63, 3.8) is 0 Å². The third kappa shape index (κ3) is 4.86. The normalized spacial score (nSPS) is 16.1. The maximum absolute atomic E-state index is 12.9. The van der Waals surface area contributed by atoms with Crippen LogP contribution >= 0.6 is 0 Å². The molecule has 1 fully saturated rings. The summed E-state index contributed by atoms with van der Waals surface area (Å²) in [5, 5.41) is 15.6. The van der Waals surface area contributed by atoms with Gasteiger partial charge in [0.2, 0.25) is 0 Å². The molecular weight excluding hydrogens is 417 g/mol. The molecule has 1 aliphatic rings. The van der Waals surface area contributed by atoms with Crippen LogP contribution in [0.1, 0.15) is 27.9 Å². The Morgan fingerprint density at radius 1 is 1.25 bits per heavy atom. The summed E-state index contributed by atoms with van der Waals surface area (Å²) in [4.78, 5) is 12.9. The number of carbonyl (C=O) groups is 1. The summed E-state index contributed by atoms with van der Waals surface area (Å²) in [6, 6.07) is 13.2. The first-order valence-electron chi connectivity index (χ1n) is 9.15. The van der Waals surface area contributed by atoms with Gasteiger partial charge in [-0.3, -0.25) is 0 Å². The fourth-order valence-electron chi connectivity index (χ4n) is 3.19. The van der Waals surface area contributed by atoms with Crippen molar-refractivity contribution in [2.75, 3.05) is 27.3 Å². The van der Waals surface area contributed by atoms with E-state index in [4.69, 9.17) is 9.47 Å². The zero-order chi connectivity index (χ0) is 19.9. The second kappa shape index (κ2) is 9.63. The molecule has 2 aromatic carbocycles. The molecule has 0 saturated carbocycles. The average Bonchev–Trinajstić information content (AvgIpc) is 3.25. The topological polar surface area (TPSA) is 83.4 Å². The Labute approximate surface area is 171 Å². The number of hydrogen-bond acceptors (Lipinski definition) is 5. The van der Waals surface area contributed by atoms with Gasteiger partial charge in [-0.25, -0.2) is 0 Å². The number of methoxy groups -OCH3 is 2. The third-order valence-corrected chi connectivity index (χ3v) is 8.17. The SMILES string of the molecule is COc1ccc(CNC(=O)c2cc(C#N)ccc2[AsH][C@H]2CCNC2)cc1OC. The second-order valence-corrected chi connectivity index (χ2v) is 10.0. The summed E-state index contributed by atoms with van der Waals surface area (Å²) in [6.07, 6.45) is 1.16. The van der Waals surface area contributed by atoms with E-state index in [1.165, 1.54) is 0 Å². The van der Waals surface area contributed by atoms with Gasteiger partial charge in [-0.1, -0.05) is 0 Å². The van der Waals surface area contributed by atoms with Crippen molar-refractivity contribution in [2.45, 2.75) is 17.7 Å². The average molecular weight is 441 g/mol. The Balaban J connectivity index is 1.75. The molecule has 1 amide bonds. The van der Waals surface area contributed by atoms with Crippen LogP contribution in [0.4, 0.5) is 0 Å². The maximum atomic E-state index is 12.9. The summed E-state index contributed by atoms with van der Waals surface area (Å²) in [5.41, 5.74) is 2.06. The molecule has 2 aromatic rings. The van der Waals surface area contributed by atoms with Crippen LogP contribution in [0.25, 0.3) is 0 Å². The van der Waals surface area contributed by atoms with Gasteiger partial charge in [0.05, 0.1) is 0 Å². The second-order valence-electron chi connectivity index (χ2n) is 6.58. The van der Waals surface area contributed by atoms with E-state index in [1.807, 2.05) is 30.3 Å². The van der Waals surface area contributed by atoms with Gasteiger partial charge < -0.3 is 0 Å². The minimum atomic E-state index is -0.455. The van der Waals surface area contributed by atoms with E-state index in [-0.39, 0.29) is 5.91 Å². The number of nitrogens with zero attached hydrogens (tertiary/aromatic N) is 1. The van der Waals surface area contributed by atoms with Crippen molar-refractivity contribution >= 4 is 26.0 Å². The zero-order valence-corrected chi connectivity index (χ0v) is 18.1. The van der Waals surface area contributed by atoms with Crippen LogP contribution in [0.5, 0.6) is 11.5 Å². The Bertz CT molecular complexity index is 889. The quantitative estimate of drug-likeness (QED) is 0.634. The molecule has 1 unspecified atom stereocenters. The summed E-state index contributed by atoms with van der Waals surface area (Å²) in [7, 11) is 3.17. The predicted molar refractivity (Wildman–Crippen MR) is 110 cm³/mol. The molecule has 0 aliphatic carbocycles. The molecule has 6 nitrogen and oxygen atoms in total. The number of carbonyl (C=O) groups excluding carboxylic acids is 1. The Morgan fingerprint density at radius 2 is 2.07 bits per heavy atom. The van der Waals surface area contributed by atoms with Crippen molar-refractivity contribution in [2.24, 2.45) is 0 Å². The molecule has 2 atom stereocenters. The number of nitriles is 1. The number of rotatable bonds is 7. The molecule has 0 bridgehead atoms. The first-order chi connectivity index (χ1) is 13.6. The van der Waals surface area contributed by atoms with Gasteiger partial charge >= 0.3 is 172 Å². The molecule has 2 N–H and O–H groups in total. The summed E-state index contributed by atoms with van der Waals surface area (Å²) >= 11 is -0.455. The van der Waals surface area contributed by atoms with Crippen LogP contribution in [0.3, 0.4) is 0 Å². The van der Waals surface area contributed by atoms with E-state index in [1.54, 1.807) is 20.3 Å². The zero-order valence-electron chi connectivity index (χ0n) is 16.0. The van der Waals surface area contributed by atoms with Crippen LogP contribution < -0.4 is 24.5 Å². The fraction of sp³-hybridized carbons (Fsp3) is 0.333. The Hall–Kier alpha value is -2.48. The van der Waals surface area contributed by atoms with E-state index in [0.29, 0.717) is 33.9 Å². The number of hydrogen-bond donors (Lipinski definition) is 2. The van der Waals surface area contributed by atoms with E-state index in [0.717, 1.165) is 29.4 Å². The summed E-state index contributed by atoms with van der Waals surface area (Å²) in [6.45, 7) is 2.44. The first-order valence-corrected chi connectivity index (χ1v) is 11.4. The summed E-state index contributed by atoms with van der Waals surface area (Å²) in [5.74, 6) is 1.13. The van der Waals surface area contributed by atoms with Gasteiger partial charge in [0.25, 0.3) is 0 Å². The van der Waals surface area contributed by atoms with Crippen molar-refractivity contribution in [1.29, 1.82) is 5.26 Å². The van der Waals surface area contributed by atoms with Crippen molar-refractivity contribution in [3.05, 3.63) is 53.1 Å². The van der Waals surface area contributed by atoms with Gasteiger partial charge in [-0.15, -0.1) is 0 Å². The van der Waals surface area contributed by atoms with E-state index in [9.17, 15) is 10.1 Å². The number of amides is 1. The molecule has 28 heavy (non-hydrogen) atoms. The fourth-order valence-corrected chi connectivity index (χ4v) is 6.33. The van der Waals surface area contributed by atoms with Crippen LogP contribution in [0, 0.1) is 11.3 Å². The molecule has 3 rings (SSSR count). The minimum absolute atomic E-state index is 0.142. The molecule has 1 aliphatic heterocycles. The van der Waals surface area contributed by atoms with Gasteiger partial charge in [0.15, 0.2) is 0 Å². The van der Waals surface area contributed by atoms with Gasteiger partial charge in [0.1, 0.15) is 0 Å². The van der Waals surface area contributed by atoms with Crippen molar-refractivity contribution in [3.8, 4) is 17.6 Å². The monoisotopic (exact) mass is 441 g/mol. The molecule has 1 saturated heterocycles. The molecule has 0 spiro atoms. The Kier molecular flexibility index (Phi) is 6.97.